The van der Waals surface area contributed by atoms with Crippen LogP contribution in [0.15, 0.2) is 0 Å². The molecule has 1 heterocycles. The maximum absolute atomic E-state index is 12.7. The maximum Gasteiger partial charge on any atom is 0.326 e. The zero-order valence-corrected chi connectivity index (χ0v) is 16.8. The summed E-state index contributed by atoms with van der Waals surface area (Å²) in [7, 11) is 0. The minimum Gasteiger partial charge on any atom is -0.480 e. The lowest BCUT2D eigenvalue weighted by Crippen LogP contribution is -2.56. The molecule has 0 saturated carbocycles. The van der Waals surface area contributed by atoms with Crippen molar-refractivity contribution in [2.45, 2.75) is 64.1 Å². The standard InChI is InChI=1S/C18H31N5O6/c1-10(2)8-12(18(28)29)22-16(26)11(5-6-14(20)24)21-17(27)13-4-3-7-23(13)15(25)9-19/h10-13H,3-9,19H2,1-2H3,(H2,20,24)(H,21,27)(H,22,26)(H,28,29)/t11-,12-,13-/m0/s1. The molecule has 0 radical (unpaired) electrons. The predicted octanol–water partition coefficient (Wildman–Crippen LogP) is -1.70. The number of carboxylic acid groups (broad SMARTS) is 1. The summed E-state index contributed by atoms with van der Waals surface area (Å²) in [5.74, 6) is -3.47. The summed E-state index contributed by atoms with van der Waals surface area (Å²) in [5.41, 5.74) is 10.5. The first-order chi connectivity index (χ1) is 13.6. The molecular formula is C18H31N5O6. The van der Waals surface area contributed by atoms with Gasteiger partial charge in [-0.15, -0.1) is 0 Å². The Morgan fingerprint density at radius 1 is 1.14 bits per heavy atom. The number of hydrogen-bond donors (Lipinski definition) is 5. The van der Waals surface area contributed by atoms with Gasteiger partial charge in [-0.1, -0.05) is 13.8 Å². The van der Waals surface area contributed by atoms with Gasteiger partial charge < -0.3 is 32.1 Å². The van der Waals surface area contributed by atoms with Crippen LogP contribution in [-0.4, -0.2) is 70.8 Å². The Bertz CT molecular complexity index is 638. The molecule has 1 aliphatic heterocycles. The number of hydrogen-bond acceptors (Lipinski definition) is 6. The largest absolute Gasteiger partial charge is 0.480 e. The summed E-state index contributed by atoms with van der Waals surface area (Å²) in [5, 5.41) is 14.3. The van der Waals surface area contributed by atoms with E-state index in [9.17, 15) is 29.1 Å². The molecule has 1 rings (SSSR count). The van der Waals surface area contributed by atoms with Crippen LogP contribution in [-0.2, 0) is 24.0 Å². The Labute approximate surface area is 169 Å². The van der Waals surface area contributed by atoms with E-state index in [1.807, 2.05) is 13.8 Å². The fraction of sp³-hybridized carbons (Fsp3) is 0.722. The molecule has 4 amide bonds. The highest BCUT2D eigenvalue weighted by molar-refractivity contribution is 5.94. The number of aliphatic carboxylic acids is 1. The van der Waals surface area contributed by atoms with Crippen molar-refractivity contribution in [2.75, 3.05) is 13.1 Å². The van der Waals surface area contributed by atoms with Crippen LogP contribution >= 0.6 is 0 Å². The normalized spacial score (nSPS) is 18.2. The maximum atomic E-state index is 12.7. The summed E-state index contributed by atoms with van der Waals surface area (Å²) in [6.45, 7) is 3.79. The van der Waals surface area contributed by atoms with Gasteiger partial charge in [0, 0.05) is 13.0 Å². The first-order valence-electron chi connectivity index (χ1n) is 9.68. The summed E-state index contributed by atoms with van der Waals surface area (Å²) in [6.07, 6.45) is 0.998. The molecule has 11 heteroatoms. The van der Waals surface area contributed by atoms with Crippen LogP contribution in [0.4, 0.5) is 0 Å². The highest BCUT2D eigenvalue weighted by Crippen LogP contribution is 2.18. The Morgan fingerprint density at radius 3 is 2.31 bits per heavy atom. The molecule has 1 fully saturated rings. The fourth-order valence-electron chi connectivity index (χ4n) is 3.24. The second kappa shape index (κ2) is 11.3. The van der Waals surface area contributed by atoms with Crippen molar-refractivity contribution in [3.63, 3.8) is 0 Å². The summed E-state index contributed by atoms with van der Waals surface area (Å²) < 4.78 is 0. The Balaban J connectivity index is 2.89. The average molecular weight is 413 g/mol. The third kappa shape index (κ3) is 7.68. The van der Waals surface area contributed by atoms with E-state index in [-0.39, 0.29) is 37.6 Å². The number of nitrogens with zero attached hydrogens (tertiary/aromatic N) is 1. The molecule has 0 aromatic heterocycles. The van der Waals surface area contributed by atoms with Gasteiger partial charge in [-0.2, -0.15) is 0 Å². The number of carboxylic acids is 1. The van der Waals surface area contributed by atoms with Gasteiger partial charge in [-0.3, -0.25) is 19.2 Å². The molecule has 0 aromatic carbocycles. The van der Waals surface area contributed by atoms with Crippen molar-refractivity contribution >= 4 is 29.6 Å². The molecule has 29 heavy (non-hydrogen) atoms. The zero-order chi connectivity index (χ0) is 22.1. The minimum absolute atomic E-state index is 0.0179. The molecule has 1 aliphatic rings. The van der Waals surface area contributed by atoms with Gasteiger partial charge in [-0.25, -0.2) is 4.79 Å². The number of nitrogens with two attached hydrogens (primary N) is 2. The molecule has 7 N–H and O–H groups in total. The fourth-order valence-corrected chi connectivity index (χ4v) is 3.24. The number of carbonyl (C=O) groups is 5. The predicted molar refractivity (Wildman–Crippen MR) is 103 cm³/mol. The molecule has 11 nitrogen and oxygen atoms in total. The summed E-state index contributed by atoms with van der Waals surface area (Å²) in [4.78, 5) is 61.1. The number of likely N-dealkylation sites (tertiary alicyclic amines) is 1. The van der Waals surface area contributed by atoms with E-state index in [0.29, 0.717) is 19.4 Å². The quantitative estimate of drug-likeness (QED) is 0.267. The number of nitrogens with one attached hydrogen (secondary N) is 2. The number of rotatable bonds is 11. The monoisotopic (exact) mass is 413 g/mol. The molecule has 0 aromatic rings. The summed E-state index contributed by atoms with van der Waals surface area (Å²) >= 11 is 0. The van der Waals surface area contributed by atoms with E-state index >= 15 is 0 Å². The Morgan fingerprint density at radius 2 is 1.79 bits per heavy atom. The first-order valence-corrected chi connectivity index (χ1v) is 9.68. The third-order valence-electron chi connectivity index (χ3n) is 4.68. The van der Waals surface area contributed by atoms with Crippen LogP contribution in [0.2, 0.25) is 0 Å². The average Bonchev–Trinajstić information content (AvgIpc) is 3.12. The molecule has 0 unspecified atom stereocenters. The van der Waals surface area contributed by atoms with E-state index < -0.39 is 41.8 Å². The van der Waals surface area contributed by atoms with Crippen molar-refractivity contribution in [1.29, 1.82) is 0 Å². The molecule has 0 bridgehead atoms. The van der Waals surface area contributed by atoms with Crippen molar-refractivity contribution in [3.8, 4) is 0 Å². The molecule has 1 saturated heterocycles. The van der Waals surface area contributed by atoms with Crippen LogP contribution in [0.25, 0.3) is 0 Å². The van der Waals surface area contributed by atoms with Crippen LogP contribution in [0.3, 0.4) is 0 Å². The van der Waals surface area contributed by atoms with Crippen molar-refractivity contribution in [1.82, 2.24) is 15.5 Å². The molecule has 0 spiro atoms. The van der Waals surface area contributed by atoms with Crippen LogP contribution in [0, 0.1) is 5.92 Å². The lowest BCUT2D eigenvalue weighted by molar-refractivity contribution is -0.143. The minimum atomic E-state index is -1.19. The van der Waals surface area contributed by atoms with Crippen molar-refractivity contribution in [3.05, 3.63) is 0 Å². The number of amides is 4. The van der Waals surface area contributed by atoms with Gasteiger partial charge in [0.25, 0.3) is 0 Å². The van der Waals surface area contributed by atoms with E-state index in [4.69, 9.17) is 11.5 Å². The van der Waals surface area contributed by atoms with Gasteiger partial charge >= 0.3 is 5.97 Å². The van der Waals surface area contributed by atoms with Crippen LogP contribution in [0.1, 0.15) is 46.0 Å². The SMILES string of the molecule is CC(C)C[C@H](NC(=O)[C@H](CCC(N)=O)NC(=O)[C@@H]1CCCN1C(=O)CN)C(=O)O. The smallest absolute Gasteiger partial charge is 0.326 e. The lowest BCUT2D eigenvalue weighted by Gasteiger charge is -2.27. The van der Waals surface area contributed by atoms with Crippen molar-refractivity contribution < 1.29 is 29.1 Å². The first kappa shape index (κ1) is 24.3. The van der Waals surface area contributed by atoms with Gasteiger partial charge in [0.1, 0.15) is 18.1 Å². The zero-order valence-electron chi connectivity index (χ0n) is 16.8. The topological polar surface area (TPSA) is 185 Å². The molecule has 164 valence electrons. The number of carbonyl (C=O) groups excluding carboxylic acids is 4. The second-order valence-electron chi connectivity index (χ2n) is 7.54. The molecule has 0 aliphatic carbocycles. The van der Waals surface area contributed by atoms with E-state index in [1.165, 1.54) is 4.90 Å². The van der Waals surface area contributed by atoms with Gasteiger partial charge in [0.05, 0.1) is 6.54 Å². The Hall–Kier alpha value is -2.69. The van der Waals surface area contributed by atoms with Crippen molar-refractivity contribution in [2.24, 2.45) is 17.4 Å². The Kier molecular flexibility index (Phi) is 9.53. The molecular weight excluding hydrogens is 382 g/mol. The van der Waals surface area contributed by atoms with E-state index in [1.54, 1.807) is 0 Å². The lowest BCUT2D eigenvalue weighted by atomic mass is 10.0. The number of primary amides is 1. The third-order valence-corrected chi connectivity index (χ3v) is 4.68. The highest BCUT2D eigenvalue weighted by atomic mass is 16.4. The van der Waals surface area contributed by atoms with E-state index in [2.05, 4.69) is 10.6 Å². The highest BCUT2D eigenvalue weighted by Gasteiger charge is 2.36. The van der Waals surface area contributed by atoms with Gasteiger partial charge in [0.2, 0.25) is 23.6 Å². The van der Waals surface area contributed by atoms with Gasteiger partial charge in [0.15, 0.2) is 0 Å². The summed E-state index contributed by atoms with van der Waals surface area (Å²) in [6, 6.07) is -3.04. The molecule has 3 atom stereocenters. The van der Waals surface area contributed by atoms with Crippen LogP contribution < -0.4 is 22.1 Å². The van der Waals surface area contributed by atoms with Crippen LogP contribution in [0.5, 0.6) is 0 Å². The van der Waals surface area contributed by atoms with E-state index in [0.717, 1.165) is 0 Å². The second-order valence-corrected chi connectivity index (χ2v) is 7.54. The van der Waals surface area contributed by atoms with Gasteiger partial charge in [-0.05, 0) is 31.6 Å².